The van der Waals surface area contributed by atoms with Crippen LogP contribution in [0.3, 0.4) is 0 Å². The SMILES string of the molecule is CCC(=O)N(c1ccc(Cl)cc1)[C@H]1CC(C)N(C(=O)c2ccc(F)cc2)c2ccc(N3CCOCC3)cc21. The molecule has 3 aromatic carbocycles. The van der Waals surface area contributed by atoms with Crippen LogP contribution in [0, 0.1) is 5.82 Å². The van der Waals surface area contributed by atoms with Crippen LogP contribution < -0.4 is 14.7 Å². The summed E-state index contributed by atoms with van der Waals surface area (Å²) < 4.78 is 19.1. The highest BCUT2D eigenvalue weighted by atomic mass is 35.5. The van der Waals surface area contributed by atoms with Crippen LogP contribution in [0.4, 0.5) is 21.5 Å². The average molecular weight is 536 g/mol. The Morgan fingerprint density at radius 1 is 1.03 bits per heavy atom. The van der Waals surface area contributed by atoms with Crippen molar-refractivity contribution in [2.45, 2.75) is 38.8 Å². The molecule has 2 amide bonds. The molecule has 1 unspecified atom stereocenters. The van der Waals surface area contributed by atoms with Gasteiger partial charge in [0.2, 0.25) is 5.91 Å². The standard InChI is InChI=1S/C30H31ClFN3O3/c1-3-29(36)35(24-10-6-22(31)7-11-24)28-18-20(2)34(30(37)21-4-8-23(32)9-5-21)27-13-12-25(19-26(27)28)33-14-16-38-17-15-33/h4-13,19-20,28H,3,14-18H2,1-2H3/t20?,28-/m0/s1. The van der Waals surface area contributed by atoms with Crippen molar-refractivity contribution in [1.82, 2.24) is 0 Å². The number of fused-ring (bicyclic) bond motifs is 1. The summed E-state index contributed by atoms with van der Waals surface area (Å²) in [7, 11) is 0. The van der Waals surface area contributed by atoms with E-state index in [-0.39, 0.29) is 29.7 Å². The molecule has 0 aliphatic carbocycles. The molecule has 0 bridgehead atoms. The molecule has 0 N–H and O–H groups in total. The number of morpholine rings is 1. The van der Waals surface area contributed by atoms with Gasteiger partial charge in [-0.25, -0.2) is 4.39 Å². The van der Waals surface area contributed by atoms with E-state index in [2.05, 4.69) is 11.0 Å². The molecule has 3 aromatic rings. The number of hydrogen-bond acceptors (Lipinski definition) is 4. The third-order valence-corrected chi connectivity index (χ3v) is 7.56. The fourth-order valence-electron chi connectivity index (χ4n) is 5.39. The van der Waals surface area contributed by atoms with E-state index < -0.39 is 0 Å². The molecule has 1 fully saturated rings. The number of carbonyl (C=O) groups excluding carboxylic acids is 2. The fraction of sp³-hybridized carbons (Fsp3) is 0.333. The first-order chi connectivity index (χ1) is 18.4. The maximum Gasteiger partial charge on any atom is 0.258 e. The van der Waals surface area contributed by atoms with Gasteiger partial charge in [-0.15, -0.1) is 0 Å². The van der Waals surface area contributed by atoms with Gasteiger partial charge < -0.3 is 19.4 Å². The van der Waals surface area contributed by atoms with Crippen LogP contribution in [0.2, 0.25) is 5.02 Å². The predicted octanol–water partition coefficient (Wildman–Crippen LogP) is 6.24. The highest BCUT2D eigenvalue weighted by molar-refractivity contribution is 6.30. The molecule has 0 saturated carbocycles. The Balaban J connectivity index is 1.63. The number of benzene rings is 3. The molecular formula is C30H31ClFN3O3. The van der Waals surface area contributed by atoms with Gasteiger partial charge in [-0.1, -0.05) is 18.5 Å². The zero-order valence-corrected chi connectivity index (χ0v) is 22.3. The van der Waals surface area contributed by atoms with E-state index >= 15 is 0 Å². The molecule has 2 atom stereocenters. The maximum atomic E-state index is 13.7. The molecule has 6 nitrogen and oxygen atoms in total. The monoisotopic (exact) mass is 535 g/mol. The van der Waals surface area contributed by atoms with Crippen molar-refractivity contribution in [3.8, 4) is 0 Å². The summed E-state index contributed by atoms with van der Waals surface area (Å²) in [6.07, 6.45) is 0.880. The Morgan fingerprint density at radius 3 is 2.37 bits per heavy atom. The van der Waals surface area contributed by atoms with E-state index in [1.54, 1.807) is 17.0 Å². The second-order valence-corrected chi connectivity index (χ2v) is 10.2. The van der Waals surface area contributed by atoms with E-state index in [1.807, 2.05) is 43.0 Å². The predicted molar refractivity (Wildman–Crippen MR) is 149 cm³/mol. The van der Waals surface area contributed by atoms with Gasteiger partial charge in [-0.05, 0) is 80.1 Å². The van der Waals surface area contributed by atoms with Crippen LogP contribution in [0.1, 0.15) is 48.7 Å². The molecule has 0 radical (unpaired) electrons. The van der Waals surface area contributed by atoms with Gasteiger partial charge in [0.05, 0.1) is 19.3 Å². The molecule has 2 aliphatic rings. The van der Waals surface area contributed by atoms with E-state index in [0.717, 1.165) is 35.7 Å². The lowest BCUT2D eigenvalue weighted by Gasteiger charge is -2.44. The number of hydrogen-bond donors (Lipinski definition) is 0. The molecule has 2 heterocycles. The first-order valence-electron chi connectivity index (χ1n) is 13.0. The van der Waals surface area contributed by atoms with Gasteiger partial charge in [0.15, 0.2) is 0 Å². The lowest BCUT2D eigenvalue weighted by atomic mass is 9.88. The van der Waals surface area contributed by atoms with Gasteiger partial charge in [0, 0.05) is 58.8 Å². The van der Waals surface area contributed by atoms with Gasteiger partial charge in [0.25, 0.3) is 5.91 Å². The summed E-state index contributed by atoms with van der Waals surface area (Å²) in [6, 6.07) is 18.5. The van der Waals surface area contributed by atoms with Crippen molar-refractivity contribution >= 4 is 40.5 Å². The van der Waals surface area contributed by atoms with Crippen molar-refractivity contribution in [2.24, 2.45) is 0 Å². The van der Waals surface area contributed by atoms with Crippen LogP contribution in [-0.2, 0) is 9.53 Å². The van der Waals surface area contributed by atoms with Crippen molar-refractivity contribution in [3.05, 3.63) is 88.7 Å². The van der Waals surface area contributed by atoms with Gasteiger partial charge in [0.1, 0.15) is 5.82 Å². The number of amides is 2. The second kappa shape index (κ2) is 11.1. The van der Waals surface area contributed by atoms with Gasteiger partial charge in [-0.3, -0.25) is 9.59 Å². The minimum atomic E-state index is -0.388. The Morgan fingerprint density at radius 2 is 1.71 bits per heavy atom. The number of carbonyl (C=O) groups is 2. The zero-order valence-electron chi connectivity index (χ0n) is 21.6. The fourth-order valence-corrected chi connectivity index (χ4v) is 5.52. The van der Waals surface area contributed by atoms with Gasteiger partial charge in [-0.2, -0.15) is 0 Å². The Bertz CT molecular complexity index is 1310. The Hall–Kier alpha value is -3.42. The Kier molecular flexibility index (Phi) is 7.68. The molecule has 2 aliphatic heterocycles. The first kappa shape index (κ1) is 26.2. The molecule has 0 aromatic heterocycles. The van der Waals surface area contributed by atoms with Crippen molar-refractivity contribution < 1.29 is 18.7 Å². The van der Waals surface area contributed by atoms with Crippen LogP contribution in [-0.4, -0.2) is 44.2 Å². The van der Waals surface area contributed by atoms with E-state index in [9.17, 15) is 14.0 Å². The zero-order chi connectivity index (χ0) is 26.8. The van der Waals surface area contributed by atoms with Crippen molar-refractivity contribution in [2.75, 3.05) is 41.0 Å². The third kappa shape index (κ3) is 5.13. The lowest BCUT2D eigenvalue weighted by Crippen LogP contribution is -2.48. The molecule has 8 heteroatoms. The van der Waals surface area contributed by atoms with Gasteiger partial charge >= 0.3 is 0 Å². The van der Waals surface area contributed by atoms with E-state index in [4.69, 9.17) is 16.3 Å². The van der Waals surface area contributed by atoms with E-state index in [0.29, 0.717) is 36.6 Å². The highest BCUT2D eigenvalue weighted by Crippen LogP contribution is 2.44. The largest absolute Gasteiger partial charge is 0.378 e. The van der Waals surface area contributed by atoms with Crippen LogP contribution >= 0.6 is 11.6 Å². The minimum Gasteiger partial charge on any atom is -0.378 e. The summed E-state index contributed by atoms with van der Waals surface area (Å²) in [5.74, 6) is -0.595. The molecule has 38 heavy (non-hydrogen) atoms. The van der Waals surface area contributed by atoms with Crippen LogP contribution in [0.15, 0.2) is 66.7 Å². The second-order valence-electron chi connectivity index (χ2n) is 9.72. The highest BCUT2D eigenvalue weighted by Gasteiger charge is 2.39. The maximum absolute atomic E-state index is 13.7. The third-order valence-electron chi connectivity index (χ3n) is 7.31. The number of halogens is 2. The Labute approximate surface area is 227 Å². The molecule has 0 spiro atoms. The van der Waals surface area contributed by atoms with Crippen molar-refractivity contribution in [1.29, 1.82) is 0 Å². The molecule has 5 rings (SSSR count). The van der Waals surface area contributed by atoms with Crippen LogP contribution in [0.25, 0.3) is 0 Å². The topological polar surface area (TPSA) is 53.1 Å². The summed E-state index contributed by atoms with van der Waals surface area (Å²) in [5, 5.41) is 0.598. The normalized spacial score (nSPS) is 19.2. The summed E-state index contributed by atoms with van der Waals surface area (Å²) in [5.41, 5.74) is 3.86. The summed E-state index contributed by atoms with van der Waals surface area (Å²) in [4.78, 5) is 33.0. The number of nitrogens with zero attached hydrogens (tertiary/aromatic N) is 3. The van der Waals surface area contributed by atoms with Crippen molar-refractivity contribution in [3.63, 3.8) is 0 Å². The molecule has 1 saturated heterocycles. The number of rotatable bonds is 5. The summed E-state index contributed by atoms with van der Waals surface area (Å²) >= 11 is 6.16. The molecular weight excluding hydrogens is 505 g/mol. The first-order valence-corrected chi connectivity index (χ1v) is 13.4. The molecule has 198 valence electrons. The average Bonchev–Trinajstić information content (AvgIpc) is 2.94. The summed E-state index contributed by atoms with van der Waals surface area (Å²) in [6.45, 7) is 6.69. The lowest BCUT2D eigenvalue weighted by molar-refractivity contribution is -0.118. The quantitative estimate of drug-likeness (QED) is 0.388. The smallest absolute Gasteiger partial charge is 0.258 e. The van der Waals surface area contributed by atoms with E-state index in [1.165, 1.54) is 24.3 Å². The van der Waals surface area contributed by atoms with Crippen LogP contribution in [0.5, 0.6) is 0 Å². The number of ether oxygens (including phenoxy) is 1. The number of anilines is 3. The minimum absolute atomic E-state index is 0.00874.